The second-order valence-corrected chi connectivity index (χ2v) is 3.72. The lowest BCUT2D eigenvalue weighted by atomic mass is 10.1. The minimum Gasteiger partial charge on any atom is -0.294 e. The zero-order valence-electron chi connectivity index (χ0n) is 8.03. The molecule has 0 radical (unpaired) electrons. The molecule has 1 nitrogen and oxygen atoms in total. The Morgan fingerprint density at radius 3 is 2.54 bits per heavy atom. The molecule has 0 saturated carbocycles. The Kier molecular flexibility index (Phi) is 2.19. The van der Waals surface area contributed by atoms with Crippen molar-refractivity contribution in [2.45, 2.75) is 19.5 Å². The minimum atomic E-state index is 0.791. The van der Waals surface area contributed by atoms with Crippen molar-refractivity contribution in [2.75, 3.05) is 6.54 Å². The lowest BCUT2D eigenvalue weighted by Gasteiger charge is -2.02. The van der Waals surface area contributed by atoms with Crippen LogP contribution in [0.3, 0.4) is 0 Å². The van der Waals surface area contributed by atoms with E-state index in [1.807, 2.05) is 6.08 Å². The molecule has 1 heteroatoms. The average molecular weight is 173 g/mol. The van der Waals surface area contributed by atoms with Crippen LogP contribution in [0.5, 0.6) is 0 Å². The molecule has 0 amide bonds. The molecule has 0 N–H and O–H groups in total. The van der Waals surface area contributed by atoms with Crippen LogP contribution in [0.1, 0.15) is 18.1 Å². The number of hydrogen-bond acceptors (Lipinski definition) is 1. The second-order valence-electron chi connectivity index (χ2n) is 3.72. The molecule has 68 valence electrons. The second kappa shape index (κ2) is 3.35. The summed E-state index contributed by atoms with van der Waals surface area (Å²) in [6.45, 7) is 8.35. The van der Waals surface area contributed by atoms with E-state index in [4.69, 9.17) is 0 Å². The van der Waals surface area contributed by atoms with E-state index in [-0.39, 0.29) is 0 Å². The lowest BCUT2D eigenvalue weighted by Crippen LogP contribution is -1.99. The highest BCUT2D eigenvalue weighted by molar-refractivity contribution is 5.47. The zero-order chi connectivity index (χ0) is 9.26. The van der Waals surface area contributed by atoms with Gasteiger partial charge in [-0.2, -0.15) is 0 Å². The highest BCUT2D eigenvalue weighted by atomic mass is 15.3. The average Bonchev–Trinajstić information content (AvgIpc) is 2.83. The van der Waals surface area contributed by atoms with Crippen LogP contribution in [-0.2, 0) is 6.54 Å². The smallest absolute Gasteiger partial charge is 0.0237 e. The van der Waals surface area contributed by atoms with Gasteiger partial charge in [0.05, 0.1) is 0 Å². The Morgan fingerprint density at radius 2 is 2.08 bits per heavy atom. The highest BCUT2D eigenvalue weighted by Crippen LogP contribution is 2.20. The summed E-state index contributed by atoms with van der Waals surface area (Å²) in [5.74, 6) is 0. The van der Waals surface area contributed by atoms with E-state index < -0.39 is 0 Å². The quantitative estimate of drug-likeness (QED) is 0.635. The fourth-order valence-corrected chi connectivity index (χ4v) is 1.51. The van der Waals surface area contributed by atoms with Crippen molar-refractivity contribution in [3.63, 3.8) is 0 Å². The van der Waals surface area contributed by atoms with Gasteiger partial charge in [0.15, 0.2) is 0 Å². The summed E-state index contributed by atoms with van der Waals surface area (Å²) < 4.78 is 0. The van der Waals surface area contributed by atoms with E-state index >= 15 is 0 Å². The Labute approximate surface area is 79.7 Å². The third-order valence-electron chi connectivity index (χ3n) is 2.59. The van der Waals surface area contributed by atoms with E-state index in [1.165, 1.54) is 17.7 Å². The fourth-order valence-electron chi connectivity index (χ4n) is 1.51. The van der Waals surface area contributed by atoms with Crippen LogP contribution in [-0.4, -0.2) is 17.5 Å². The predicted octanol–water partition coefficient (Wildman–Crippen LogP) is 2.53. The van der Waals surface area contributed by atoms with Crippen LogP contribution in [0.15, 0.2) is 30.8 Å². The van der Waals surface area contributed by atoms with Gasteiger partial charge in [-0.05, 0) is 18.1 Å². The normalized spacial score (nSPS) is 25.6. The molecule has 1 saturated heterocycles. The molecule has 1 aliphatic rings. The lowest BCUT2D eigenvalue weighted by molar-refractivity contribution is 0.515. The number of rotatable bonds is 3. The molecular formula is C12H15N. The Hall–Kier alpha value is -1.08. The molecule has 2 rings (SSSR count). The molecule has 13 heavy (non-hydrogen) atoms. The van der Waals surface area contributed by atoms with Crippen LogP contribution >= 0.6 is 0 Å². The molecule has 0 spiro atoms. The van der Waals surface area contributed by atoms with Gasteiger partial charge in [0.2, 0.25) is 0 Å². The summed E-state index contributed by atoms with van der Waals surface area (Å²) in [6, 6.07) is 9.40. The first-order valence-corrected chi connectivity index (χ1v) is 4.75. The van der Waals surface area contributed by atoms with Gasteiger partial charge in [-0.25, -0.2) is 0 Å². The molecular weight excluding hydrogens is 158 g/mol. The summed E-state index contributed by atoms with van der Waals surface area (Å²) in [5, 5.41) is 0. The van der Waals surface area contributed by atoms with Gasteiger partial charge in [-0.15, -0.1) is 0 Å². The van der Waals surface area contributed by atoms with Crippen LogP contribution in [0.4, 0.5) is 0 Å². The van der Waals surface area contributed by atoms with Crippen molar-refractivity contribution in [1.82, 2.24) is 4.90 Å². The molecule has 1 aliphatic heterocycles. The summed E-state index contributed by atoms with van der Waals surface area (Å²) in [6.07, 6.45) is 1.88. The molecule has 1 fully saturated rings. The van der Waals surface area contributed by atoms with Crippen LogP contribution < -0.4 is 0 Å². The molecule has 1 aromatic carbocycles. The third-order valence-corrected chi connectivity index (χ3v) is 2.59. The minimum absolute atomic E-state index is 0.791. The summed E-state index contributed by atoms with van der Waals surface area (Å²) in [5.41, 5.74) is 2.59. The molecule has 2 unspecified atom stereocenters. The Morgan fingerprint density at radius 1 is 1.46 bits per heavy atom. The monoisotopic (exact) mass is 173 g/mol. The molecule has 2 atom stereocenters. The maximum atomic E-state index is 3.74. The van der Waals surface area contributed by atoms with Crippen molar-refractivity contribution in [1.29, 1.82) is 0 Å². The topological polar surface area (TPSA) is 3.01 Å². The van der Waals surface area contributed by atoms with Crippen LogP contribution in [0, 0.1) is 0 Å². The van der Waals surface area contributed by atoms with Gasteiger partial charge in [-0.1, -0.05) is 36.9 Å². The van der Waals surface area contributed by atoms with Gasteiger partial charge in [0.25, 0.3) is 0 Å². The SMILES string of the molecule is C=Cc1ccc(CN2CC2C)cc1. The van der Waals surface area contributed by atoms with Crippen LogP contribution in [0.2, 0.25) is 0 Å². The van der Waals surface area contributed by atoms with Gasteiger partial charge < -0.3 is 0 Å². The largest absolute Gasteiger partial charge is 0.294 e. The zero-order valence-corrected chi connectivity index (χ0v) is 8.03. The van der Waals surface area contributed by atoms with E-state index in [0.717, 1.165) is 12.6 Å². The fraction of sp³-hybridized carbons (Fsp3) is 0.333. The van der Waals surface area contributed by atoms with Gasteiger partial charge in [0, 0.05) is 19.1 Å². The molecule has 1 heterocycles. The number of nitrogens with zero attached hydrogens (tertiary/aromatic N) is 1. The van der Waals surface area contributed by atoms with Crippen molar-refractivity contribution < 1.29 is 0 Å². The number of hydrogen-bond donors (Lipinski definition) is 0. The third kappa shape index (κ3) is 1.99. The van der Waals surface area contributed by atoms with Gasteiger partial charge >= 0.3 is 0 Å². The Balaban J connectivity index is 2.01. The maximum absolute atomic E-state index is 3.74. The standard InChI is InChI=1S/C12H15N/c1-3-11-4-6-12(7-5-11)9-13-8-10(13)2/h3-7,10H,1,8-9H2,2H3. The van der Waals surface area contributed by atoms with E-state index in [9.17, 15) is 0 Å². The summed E-state index contributed by atoms with van der Waals surface area (Å²) >= 11 is 0. The van der Waals surface area contributed by atoms with Crippen molar-refractivity contribution in [2.24, 2.45) is 0 Å². The summed E-state index contributed by atoms with van der Waals surface area (Å²) in [4.78, 5) is 2.45. The van der Waals surface area contributed by atoms with Crippen molar-refractivity contribution in [3.8, 4) is 0 Å². The first-order valence-electron chi connectivity index (χ1n) is 4.75. The van der Waals surface area contributed by atoms with Gasteiger partial charge in [0.1, 0.15) is 0 Å². The van der Waals surface area contributed by atoms with E-state index in [0.29, 0.717) is 0 Å². The molecule has 0 aromatic heterocycles. The van der Waals surface area contributed by atoms with Crippen molar-refractivity contribution in [3.05, 3.63) is 42.0 Å². The van der Waals surface area contributed by atoms with Gasteiger partial charge in [-0.3, -0.25) is 4.90 Å². The summed E-state index contributed by atoms with van der Waals surface area (Å²) in [7, 11) is 0. The van der Waals surface area contributed by atoms with Crippen LogP contribution in [0.25, 0.3) is 6.08 Å². The predicted molar refractivity (Wildman–Crippen MR) is 56.4 cm³/mol. The molecule has 0 bridgehead atoms. The highest BCUT2D eigenvalue weighted by Gasteiger charge is 2.28. The molecule has 0 aliphatic carbocycles. The van der Waals surface area contributed by atoms with E-state index in [1.54, 1.807) is 0 Å². The maximum Gasteiger partial charge on any atom is 0.0237 e. The van der Waals surface area contributed by atoms with E-state index in [2.05, 4.69) is 42.7 Å². The first-order chi connectivity index (χ1) is 6.29. The number of benzene rings is 1. The Bertz CT molecular complexity index is 299. The molecule has 1 aromatic rings. The first kappa shape index (κ1) is 8.52. The van der Waals surface area contributed by atoms with Crippen molar-refractivity contribution >= 4 is 6.08 Å².